The smallest absolute Gasteiger partial charge is 0.0843 e. The van der Waals surface area contributed by atoms with Crippen LogP contribution in [0, 0.1) is 5.41 Å². The quantitative estimate of drug-likeness (QED) is 0.734. The fourth-order valence-electron chi connectivity index (χ4n) is 2.05. The van der Waals surface area contributed by atoms with E-state index in [9.17, 15) is 5.11 Å². The van der Waals surface area contributed by atoms with E-state index >= 15 is 0 Å². The van der Waals surface area contributed by atoms with Crippen molar-refractivity contribution in [3.05, 3.63) is 35.9 Å². The van der Waals surface area contributed by atoms with Gasteiger partial charge in [-0.05, 0) is 23.8 Å². The second-order valence-electron chi connectivity index (χ2n) is 4.32. The molecule has 70 valence electrons. The second kappa shape index (κ2) is 3.15. The third-order valence-electron chi connectivity index (χ3n) is 3.27. The van der Waals surface area contributed by atoms with E-state index in [-0.39, 0.29) is 11.5 Å². The maximum absolute atomic E-state index is 10.1. The van der Waals surface area contributed by atoms with Crippen molar-refractivity contribution in [1.82, 2.24) is 0 Å². The van der Waals surface area contributed by atoms with Gasteiger partial charge < -0.3 is 5.11 Å². The van der Waals surface area contributed by atoms with Gasteiger partial charge in [-0.1, -0.05) is 43.7 Å². The Balaban J connectivity index is 2.17. The molecule has 13 heavy (non-hydrogen) atoms. The molecule has 2 rings (SSSR count). The lowest BCUT2D eigenvalue weighted by Crippen LogP contribution is -2.32. The van der Waals surface area contributed by atoms with Gasteiger partial charge in [-0.15, -0.1) is 0 Å². The van der Waals surface area contributed by atoms with Crippen LogP contribution in [-0.4, -0.2) is 5.11 Å². The molecule has 1 nitrogen and oxygen atoms in total. The van der Waals surface area contributed by atoms with Crippen LogP contribution in [0.15, 0.2) is 30.3 Å². The van der Waals surface area contributed by atoms with Gasteiger partial charge in [0.25, 0.3) is 0 Å². The van der Waals surface area contributed by atoms with E-state index in [2.05, 4.69) is 6.92 Å². The molecule has 1 saturated carbocycles. The van der Waals surface area contributed by atoms with Crippen molar-refractivity contribution < 1.29 is 5.11 Å². The average molecular weight is 176 g/mol. The Kier molecular flexibility index (Phi) is 2.12. The summed E-state index contributed by atoms with van der Waals surface area (Å²) in [5, 5.41) is 10.1. The van der Waals surface area contributed by atoms with E-state index in [1.807, 2.05) is 30.3 Å². The second-order valence-corrected chi connectivity index (χ2v) is 4.32. The Morgan fingerprint density at radius 2 is 1.85 bits per heavy atom. The Hall–Kier alpha value is -0.820. The summed E-state index contributed by atoms with van der Waals surface area (Å²) in [6.07, 6.45) is 3.30. The fourth-order valence-corrected chi connectivity index (χ4v) is 2.05. The number of aliphatic hydroxyl groups excluding tert-OH is 1. The highest BCUT2D eigenvalue weighted by molar-refractivity contribution is 5.20. The molecular weight excluding hydrogens is 160 g/mol. The zero-order chi connectivity index (χ0) is 9.31. The van der Waals surface area contributed by atoms with Gasteiger partial charge in [0, 0.05) is 0 Å². The molecule has 1 aromatic carbocycles. The molecule has 1 heteroatoms. The maximum Gasteiger partial charge on any atom is 0.0843 e. The summed E-state index contributed by atoms with van der Waals surface area (Å²) in [5.41, 5.74) is 1.20. The Morgan fingerprint density at radius 1 is 1.23 bits per heavy atom. The van der Waals surface area contributed by atoms with Crippen LogP contribution in [0.4, 0.5) is 0 Å². The van der Waals surface area contributed by atoms with Gasteiger partial charge in [-0.3, -0.25) is 0 Å². The summed E-state index contributed by atoms with van der Waals surface area (Å²) in [4.78, 5) is 0. The van der Waals surface area contributed by atoms with Crippen molar-refractivity contribution in [1.29, 1.82) is 0 Å². The van der Waals surface area contributed by atoms with Crippen LogP contribution in [0.5, 0.6) is 0 Å². The lowest BCUT2D eigenvalue weighted by atomic mass is 9.65. The van der Waals surface area contributed by atoms with Crippen molar-refractivity contribution in [2.24, 2.45) is 5.41 Å². The molecule has 0 radical (unpaired) electrons. The molecule has 1 aromatic rings. The highest BCUT2D eigenvalue weighted by atomic mass is 16.3. The average Bonchev–Trinajstić information content (AvgIpc) is 2.14. The monoisotopic (exact) mass is 176 g/mol. The van der Waals surface area contributed by atoms with Gasteiger partial charge in [0.15, 0.2) is 0 Å². The zero-order valence-electron chi connectivity index (χ0n) is 8.03. The third-order valence-corrected chi connectivity index (χ3v) is 3.27. The molecule has 1 unspecified atom stereocenters. The minimum atomic E-state index is -0.276. The molecule has 1 atom stereocenters. The van der Waals surface area contributed by atoms with E-state index in [1.54, 1.807) is 0 Å². The van der Waals surface area contributed by atoms with Crippen LogP contribution in [-0.2, 0) is 0 Å². The number of hydrogen-bond donors (Lipinski definition) is 1. The first-order chi connectivity index (χ1) is 6.22. The summed E-state index contributed by atoms with van der Waals surface area (Å²) < 4.78 is 0. The van der Waals surface area contributed by atoms with E-state index in [1.165, 1.54) is 6.42 Å². The number of rotatable bonds is 2. The first-order valence-electron chi connectivity index (χ1n) is 4.95. The van der Waals surface area contributed by atoms with Crippen LogP contribution in [0.3, 0.4) is 0 Å². The SMILES string of the molecule is CC1(C(O)c2ccccc2)CCC1. The van der Waals surface area contributed by atoms with Crippen molar-refractivity contribution >= 4 is 0 Å². The number of benzene rings is 1. The van der Waals surface area contributed by atoms with Crippen molar-refractivity contribution in [3.8, 4) is 0 Å². The molecule has 1 aliphatic carbocycles. The lowest BCUT2D eigenvalue weighted by Gasteiger charge is -2.42. The molecule has 0 spiro atoms. The van der Waals surface area contributed by atoms with E-state index in [0.29, 0.717) is 0 Å². The fraction of sp³-hybridized carbons (Fsp3) is 0.500. The summed E-state index contributed by atoms with van der Waals surface area (Å²) in [6.45, 7) is 2.17. The Morgan fingerprint density at radius 3 is 2.31 bits per heavy atom. The van der Waals surface area contributed by atoms with Gasteiger partial charge in [0.05, 0.1) is 6.10 Å². The summed E-state index contributed by atoms with van der Waals surface area (Å²) in [6, 6.07) is 9.98. The predicted octanol–water partition coefficient (Wildman–Crippen LogP) is 2.91. The van der Waals surface area contributed by atoms with Crippen LogP contribution < -0.4 is 0 Å². The highest BCUT2D eigenvalue weighted by Gasteiger charge is 2.39. The Labute approximate surface area is 79.4 Å². The molecular formula is C12H16O. The Bertz CT molecular complexity index is 274. The van der Waals surface area contributed by atoms with E-state index < -0.39 is 0 Å². The van der Waals surface area contributed by atoms with Gasteiger partial charge in [-0.25, -0.2) is 0 Å². The molecule has 1 N–H and O–H groups in total. The van der Waals surface area contributed by atoms with Crippen molar-refractivity contribution in [3.63, 3.8) is 0 Å². The normalized spacial score (nSPS) is 22.0. The molecule has 0 heterocycles. The highest BCUT2D eigenvalue weighted by Crippen LogP contribution is 2.49. The lowest BCUT2D eigenvalue weighted by molar-refractivity contribution is -0.0220. The molecule has 0 bridgehead atoms. The third kappa shape index (κ3) is 1.49. The predicted molar refractivity (Wildman–Crippen MR) is 53.4 cm³/mol. The number of aliphatic hydroxyl groups is 1. The summed E-state index contributed by atoms with van der Waals surface area (Å²) in [7, 11) is 0. The minimum absolute atomic E-state index is 0.140. The van der Waals surface area contributed by atoms with Crippen LogP contribution in [0.1, 0.15) is 37.9 Å². The summed E-state index contributed by atoms with van der Waals surface area (Å²) >= 11 is 0. The standard InChI is InChI=1S/C12H16O/c1-12(8-5-9-12)11(13)10-6-3-2-4-7-10/h2-4,6-7,11,13H,5,8-9H2,1H3. The van der Waals surface area contributed by atoms with Gasteiger partial charge >= 0.3 is 0 Å². The summed E-state index contributed by atoms with van der Waals surface area (Å²) in [5.74, 6) is 0. The first-order valence-corrected chi connectivity index (χ1v) is 4.95. The molecule has 1 fully saturated rings. The van der Waals surface area contributed by atoms with Crippen LogP contribution in [0.2, 0.25) is 0 Å². The van der Waals surface area contributed by atoms with E-state index in [0.717, 1.165) is 18.4 Å². The minimum Gasteiger partial charge on any atom is -0.388 e. The molecule has 0 saturated heterocycles. The maximum atomic E-state index is 10.1. The van der Waals surface area contributed by atoms with Crippen LogP contribution in [0.25, 0.3) is 0 Å². The van der Waals surface area contributed by atoms with Crippen molar-refractivity contribution in [2.75, 3.05) is 0 Å². The van der Waals surface area contributed by atoms with Crippen molar-refractivity contribution in [2.45, 2.75) is 32.3 Å². The number of hydrogen-bond acceptors (Lipinski definition) is 1. The topological polar surface area (TPSA) is 20.2 Å². The molecule has 0 amide bonds. The molecule has 0 aliphatic heterocycles. The first kappa shape index (κ1) is 8.76. The van der Waals surface area contributed by atoms with Crippen LogP contribution >= 0.6 is 0 Å². The molecule has 1 aliphatic rings. The van der Waals surface area contributed by atoms with E-state index in [4.69, 9.17) is 0 Å². The van der Waals surface area contributed by atoms with Gasteiger partial charge in [-0.2, -0.15) is 0 Å². The van der Waals surface area contributed by atoms with Gasteiger partial charge in [0.2, 0.25) is 0 Å². The van der Waals surface area contributed by atoms with Gasteiger partial charge in [0.1, 0.15) is 0 Å². The largest absolute Gasteiger partial charge is 0.388 e. The zero-order valence-corrected chi connectivity index (χ0v) is 8.03. The molecule has 0 aromatic heterocycles.